The van der Waals surface area contributed by atoms with E-state index in [2.05, 4.69) is 9.88 Å². The van der Waals surface area contributed by atoms with Crippen molar-refractivity contribution in [2.45, 2.75) is 19.1 Å². The second kappa shape index (κ2) is 8.04. The van der Waals surface area contributed by atoms with Crippen molar-refractivity contribution in [3.8, 4) is 0 Å². The number of hydrogen-bond acceptors (Lipinski definition) is 3. The van der Waals surface area contributed by atoms with Gasteiger partial charge in [-0.25, -0.2) is 4.39 Å². The van der Waals surface area contributed by atoms with Crippen LogP contribution in [-0.2, 0) is 12.7 Å². The average molecular weight is 381 g/mol. The third kappa shape index (κ3) is 5.03. The van der Waals surface area contributed by atoms with Gasteiger partial charge in [-0.05, 0) is 36.2 Å². The summed E-state index contributed by atoms with van der Waals surface area (Å²) in [4.78, 5) is 19.7. The first-order valence-electron chi connectivity index (χ1n) is 8.62. The summed E-state index contributed by atoms with van der Waals surface area (Å²) in [6, 6.07) is 8.29. The fraction of sp³-hybridized carbons (Fsp3) is 0.368. The number of benzene rings is 1. The molecule has 1 amide bonds. The number of amides is 1. The smallest absolute Gasteiger partial charge is 0.337 e. The van der Waals surface area contributed by atoms with Crippen molar-refractivity contribution in [1.29, 1.82) is 0 Å². The van der Waals surface area contributed by atoms with Crippen LogP contribution in [0, 0.1) is 5.82 Å². The van der Waals surface area contributed by atoms with Crippen molar-refractivity contribution in [2.75, 3.05) is 26.2 Å². The van der Waals surface area contributed by atoms with E-state index < -0.39 is 11.9 Å². The summed E-state index contributed by atoms with van der Waals surface area (Å²) in [6.07, 6.45) is -2.79. The van der Waals surface area contributed by atoms with Crippen LogP contribution >= 0.6 is 0 Å². The molecule has 1 saturated heterocycles. The van der Waals surface area contributed by atoms with E-state index in [0.29, 0.717) is 26.2 Å². The minimum atomic E-state index is -4.52. The lowest BCUT2D eigenvalue weighted by molar-refractivity contribution is -0.141. The molecule has 0 aliphatic carbocycles. The highest BCUT2D eigenvalue weighted by Crippen LogP contribution is 2.27. The van der Waals surface area contributed by atoms with Gasteiger partial charge in [0.05, 0.1) is 5.56 Å². The number of alkyl halides is 3. The maximum Gasteiger partial charge on any atom is 0.433 e. The molecular weight excluding hydrogens is 362 g/mol. The quantitative estimate of drug-likeness (QED) is 0.763. The standard InChI is InChI=1S/C19H19F4N3O/c20-16-5-2-14(3-6-16)13-25-8-1-9-26(11-10-25)18(27)15-4-7-17(24-12-15)19(21,22)23/h2-7,12H,1,8-11,13H2. The zero-order valence-corrected chi connectivity index (χ0v) is 14.5. The summed E-state index contributed by atoms with van der Waals surface area (Å²) in [6.45, 7) is 3.08. The topological polar surface area (TPSA) is 36.4 Å². The van der Waals surface area contributed by atoms with Gasteiger partial charge in [-0.1, -0.05) is 12.1 Å². The van der Waals surface area contributed by atoms with Gasteiger partial charge in [0.1, 0.15) is 11.5 Å². The second-order valence-corrected chi connectivity index (χ2v) is 6.48. The zero-order valence-electron chi connectivity index (χ0n) is 14.5. The minimum Gasteiger partial charge on any atom is -0.337 e. The van der Waals surface area contributed by atoms with Crippen LogP contribution in [0.5, 0.6) is 0 Å². The lowest BCUT2D eigenvalue weighted by Gasteiger charge is -2.22. The minimum absolute atomic E-state index is 0.148. The van der Waals surface area contributed by atoms with Crippen LogP contribution in [0.15, 0.2) is 42.6 Å². The average Bonchev–Trinajstić information content (AvgIpc) is 2.88. The summed E-state index contributed by atoms with van der Waals surface area (Å²) in [5.41, 5.74) is 0.124. The van der Waals surface area contributed by atoms with Crippen LogP contribution in [0.3, 0.4) is 0 Å². The molecule has 144 valence electrons. The Morgan fingerprint density at radius 2 is 1.74 bits per heavy atom. The Bertz CT molecular complexity index is 775. The molecule has 1 aliphatic heterocycles. The lowest BCUT2D eigenvalue weighted by Crippen LogP contribution is -2.35. The van der Waals surface area contributed by atoms with Gasteiger partial charge < -0.3 is 4.90 Å². The Balaban J connectivity index is 1.60. The number of rotatable bonds is 3. The predicted molar refractivity (Wildman–Crippen MR) is 91.4 cm³/mol. The van der Waals surface area contributed by atoms with Gasteiger partial charge in [-0.15, -0.1) is 0 Å². The van der Waals surface area contributed by atoms with Crippen LogP contribution < -0.4 is 0 Å². The van der Waals surface area contributed by atoms with E-state index in [1.54, 1.807) is 17.0 Å². The third-order valence-electron chi connectivity index (χ3n) is 4.50. The molecule has 2 aromatic rings. The molecular formula is C19H19F4N3O. The molecule has 0 radical (unpaired) electrons. The van der Waals surface area contributed by atoms with Crippen molar-refractivity contribution >= 4 is 5.91 Å². The van der Waals surface area contributed by atoms with E-state index in [1.807, 2.05) is 0 Å². The van der Waals surface area contributed by atoms with Crippen molar-refractivity contribution in [3.05, 3.63) is 65.2 Å². The van der Waals surface area contributed by atoms with E-state index in [4.69, 9.17) is 0 Å². The molecule has 2 heterocycles. The largest absolute Gasteiger partial charge is 0.433 e. The SMILES string of the molecule is O=C(c1ccc(C(F)(F)F)nc1)N1CCCN(Cc2ccc(F)cc2)CC1. The van der Waals surface area contributed by atoms with Crippen molar-refractivity contribution in [1.82, 2.24) is 14.8 Å². The molecule has 0 spiro atoms. The molecule has 1 aliphatic rings. The Morgan fingerprint density at radius 1 is 1.00 bits per heavy atom. The zero-order chi connectivity index (χ0) is 19.4. The van der Waals surface area contributed by atoms with Gasteiger partial charge in [0.2, 0.25) is 0 Å². The molecule has 1 aromatic heterocycles. The normalized spacial score (nSPS) is 16.2. The van der Waals surface area contributed by atoms with E-state index in [1.165, 1.54) is 18.2 Å². The summed E-state index contributed by atoms with van der Waals surface area (Å²) in [5.74, 6) is -0.601. The van der Waals surface area contributed by atoms with Crippen molar-refractivity contribution in [2.24, 2.45) is 0 Å². The van der Waals surface area contributed by atoms with Crippen LogP contribution in [-0.4, -0.2) is 46.9 Å². The number of halogens is 4. The Hall–Kier alpha value is -2.48. The molecule has 0 unspecified atom stereocenters. The molecule has 27 heavy (non-hydrogen) atoms. The molecule has 8 heteroatoms. The number of nitrogens with zero attached hydrogens (tertiary/aromatic N) is 3. The summed E-state index contributed by atoms with van der Waals surface area (Å²) in [5, 5.41) is 0. The van der Waals surface area contributed by atoms with Crippen molar-refractivity contribution < 1.29 is 22.4 Å². The van der Waals surface area contributed by atoms with Gasteiger partial charge in [0.25, 0.3) is 5.91 Å². The maximum absolute atomic E-state index is 13.0. The number of hydrogen-bond donors (Lipinski definition) is 0. The molecule has 0 saturated carbocycles. The first-order valence-corrected chi connectivity index (χ1v) is 8.62. The highest BCUT2D eigenvalue weighted by molar-refractivity contribution is 5.93. The number of aromatic nitrogens is 1. The van der Waals surface area contributed by atoms with Crippen LogP contribution in [0.25, 0.3) is 0 Å². The highest BCUT2D eigenvalue weighted by atomic mass is 19.4. The van der Waals surface area contributed by atoms with E-state index in [-0.39, 0.29) is 17.3 Å². The summed E-state index contributed by atoms with van der Waals surface area (Å²) in [7, 11) is 0. The first kappa shape index (κ1) is 19.3. The highest BCUT2D eigenvalue weighted by Gasteiger charge is 2.32. The summed E-state index contributed by atoms with van der Waals surface area (Å²) < 4.78 is 50.8. The van der Waals surface area contributed by atoms with Crippen LogP contribution in [0.4, 0.5) is 17.6 Å². The third-order valence-corrected chi connectivity index (χ3v) is 4.50. The van der Waals surface area contributed by atoms with E-state index in [0.717, 1.165) is 30.8 Å². The first-order chi connectivity index (χ1) is 12.8. The predicted octanol–water partition coefficient (Wildman–Crippen LogP) is 3.59. The number of carbonyl (C=O) groups excluding carboxylic acids is 1. The fourth-order valence-electron chi connectivity index (χ4n) is 3.05. The molecule has 3 rings (SSSR count). The molecule has 1 fully saturated rings. The Labute approximate surface area is 154 Å². The molecule has 0 N–H and O–H groups in total. The van der Waals surface area contributed by atoms with Crippen LogP contribution in [0.2, 0.25) is 0 Å². The van der Waals surface area contributed by atoms with Gasteiger partial charge >= 0.3 is 6.18 Å². The van der Waals surface area contributed by atoms with Gasteiger partial charge in [-0.2, -0.15) is 13.2 Å². The monoisotopic (exact) mass is 381 g/mol. The second-order valence-electron chi connectivity index (χ2n) is 6.48. The Morgan fingerprint density at radius 3 is 2.37 bits per heavy atom. The van der Waals surface area contributed by atoms with Crippen molar-refractivity contribution in [3.63, 3.8) is 0 Å². The molecule has 0 atom stereocenters. The van der Waals surface area contributed by atoms with E-state index >= 15 is 0 Å². The molecule has 4 nitrogen and oxygen atoms in total. The van der Waals surface area contributed by atoms with Gasteiger partial charge in [0.15, 0.2) is 0 Å². The van der Waals surface area contributed by atoms with Gasteiger partial charge in [-0.3, -0.25) is 14.7 Å². The van der Waals surface area contributed by atoms with Gasteiger partial charge in [0, 0.05) is 38.9 Å². The summed E-state index contributed by atoms with van der Waals surface area (Å²) >= 11 is 0. The Kier molecular flexibility index (Phi) is 5.74. The fourth-order valence-corrected chi connectivity index (χ4v) is 3.05. The number of carbonyl (C=O) groups is 1. The number of pyridine rings is 1. The maximum atomic E-state index is 13.0. The van der Waals surface area contributed by atoms with E-state index in [9.17, 15) is 22.4 Å². The molecule has 1 aromatic carbocycles. The lowest BCUT2D eigenvalue weighted by atomic mass is 10.2. The van der Waals surface area contributed by atoms with Crippen LogP contribution in [0.1, 0.15) is 28.0 Å². The molecule has 0 bridgehead atoms.